The van der Waals surface area contributed by atoms with Crippen molar-refractivity contribution < 1.29 is 14.3 Å². The lowest BCUT2D eigenvalue weighted by molar-refractivity contribution is -0.128. The predicted octanol–water partition coefficient (Wildman–Crippen LogP) is 4.57. The summed E-state index contributed by atoms with van der Waals surface area (Å²) in [5.41, 5.74) is 4.53. The fourth-order valence-corrected chi connectivity index (χ4v) is 6.11. The van der Waals surface area contributed by atoms with E-state index in [4.69, 9.17) is 26.0 Å². The van der Waals surface area contributed by atoms with Crippen molar-refractivity contribution in [1.29, 1.82) is 0 Å². The molecule has 9 heteroatoms. The second-order valence-electron chi connectivity index (χ2n) is 11.5. The second kappa shape index (κ2) is 12.0. The Bertz CT molecular complexity index is 1520. The van der Waals surface area contributed by atoms with Gasteiger partial charge >= 0.3 is 6.01 Å². The maximum atomic E-state index is 12.5. The molecule has 1 amide bonds. The molecule has 42 heavy (non-hydrogen) atoms. The van der Waals surface area contributed by atoms with E-state index in [1.54, 1.807) is 4.90 Å². The van der Waals surface area contributed by atoms with E-state index >= 15 is 0 Å². The minimum atomic E-state index is -0.235. The second-order valence-corrected chi connectivity index (χ2v) is 11.5. The van der Waals surface area contributed by atoms with Crippen molar-refractivity contribution in [1.82, 2.24) is 14.9 Å². The number of fused-ring (bicyclic) bond motifs is 2. The molecular formula is C33H38N6O3. The molecule has 3 aromatic rings. The van der Waals surface area contributed by atoms with Crippen LogP contribution in [0.25, 0.3) is 15.6 Å². The number of benzene rings is 2. The van der Waals surface area contributed by atoms with Crippen molar-refractivity contribution in [2.45, 2.75) is 57.9 Å². The lowest BCUT2D eigenvalue weighted by Gasteiger charge is -2.41. The Morgan fingerprint density at radius 3 is 2.74 bits per heavy atom. The van der Waals surface area contributed by atoms with Crippen molar-refractivity contribution in [3.8, 4) is 6.01 Å². The van der Waals surface area contributed by atoms with Gasteiger partial charge in [-0.25, -0.2) is 6.57 Å². The number of carbonyl (C=O) groups excluding carboxylic acids is 1. The molecule has 0 N–H and O–H groups in total. The molecule has 0 spiro atoms. The van der Waals surface area contributed by atoms with E-state index in [2.05, 4.69) is 64.5 Å². The van der Waals surface area contributed by atoms with Crippen LogP contribution >= 0.6 is 0 Å². The lowest BCUT2D eigenvalue weighted by atomic mass is 9.99. The van der Waals surface area contributed by atoms with Gasteiger partial charge in [0.1, 0.15) is 18.0 Å². The molecule has 0 radical (unpaired) electrons. The number of aromatic nitrogens is 2. The molecule has 3 aliphatic rings. The molecular weight excluding hydrogens is 528 g/mol. The van der Waals surface area contributed by atoms with Crippen LogP contribution in [0, 0.1) is 13.5 Å². The number of hydrogen-bond donors (Lipinski definition) is 0. The van der Waals surface area contributed by atoms with Crippen molar-refractivity contribution in [2.24, 2.45) is 0 Å². The van der Waals surface area contributed by atoms with Crippen LogP contribution in [-0.2, 0) is 22.5 Å². The Labute approximate surface area is 247 Å². The molecule has 6 rings (SSSR count). The van der Waals surface area contributed by atoms with Gasteiger partial charge in [0.2, 0.25) is 12.5 Å². The Hall–Kier alpha value is -4.16. The first-order valence-electron chi connectivity index (χ1n) is 14.9. The van der Waals surface area contributed by atoms with E-state index in [1.165, 1.54) is 28.1 Å². The van der Waals surface area contributed by atoms with Crippen molar-refractivity contribution >= 4 is 28.2 Å². The number of anilines is 2. The molecule has 1 aliphatic carbocycles. The Balaban J connectivity index is 1.33. The highest BCUT2D eigenvalue weighted by Gasteiger charge is 2.35. The Morgan fingerprint density at radius 2 is 1.98 bits per heavy atom. The lowest BCUT2D eigenvalue weighted by Crippen LogP contribution is -2.56. The van der Waals surface area contributed by atoms with Gasteiger partial charge in [-0.05, 0) is 56.2 Å². The molecule has 1 saturated carbocycles. The molecule has 2 atom stereocenters. The zero-order valence-electron chi connectivity index (χ0n) is 24.5. The topological polar surface area (TPSA) is 75.4 Å². The van der Waals surface area contributed by atoms with Gasteiger partial charge in [0, 0.05) is 42.8 Å². The van der Waals surface area contributed by atoms with Crippen molar-refractivity contribution in [3.05, 3.63) is 77.3 Å². The smallest absolute Gasteiger partial charge is 0.319 e. The van der Waals surface area contributed by atoms with Crippen LogP contribution in [-0.4, -0.2) is 78.4 Å². The Morgan fingerprint density at radius 1 is 1.17 bits per heavy atom. The van der Waals surface area contributed by atoms with E-state index < -0.39 is 0 Å². The third-order valence-corrected chi connectivity index (χ3v) is 8.39. The molecule has 2 fully saturated rings. The van der Waals surface area contributed by atoms with Crippen molar-refractivity contribution in [3.63, 3.8) is 0 Å². The summed E-state index contributed by atoms with van der Waals surface area (Å²) in [5, 5.41) is 2.50. The van der Waals surface area contributed by atoms with Gasteiger partial charge in [-0.15, -0.1) is 0 Å². The summed E-state index contributed by atoms with van der Waals surface area (Å²) in [4.78, 5) is 32.4. The van der Waals surface area contributed by atoms with Crippen LogP contribution in [0.3, 0.4) is 0 Å². The molecule has 9 nitrogen and oxygen atoms in total. The summed E-state index contributed by atoms with van der Waals surface area (Å²) < 4.78 is 12.1. The number of nitrogens with zero attached hydrogens (tertiary/aromatic N) is 6. The number of aryl methyl sites for hydroxylation is 1. The summed E-state index contributed by atoms with van der Waals surface area (Å²) >= 11 is 0. The first kappa shape index (κ1) is 28.0. The van der Waals surface area contributed by atoms with Crippen LogP contribution < -0.4 is 14.5 Å². The molecule has 2 aromatic carbocycles. The number of carbonyl (C=O) groups is 1. The minimum absolute atomic E-state index is 0.137. The normalized spacial score (nSPS) is 19.3. The standard InChI is InChI=1S/C33H38N6O3/c1-5-30(40)39-17-16-38(19-25(39)18-34-4)32-27-14-15-37(29-11-7-10-24-9-6-8-22(2)31(24)29)20-28(27)35-33(36-32)42-23(3)21-41-26-12-13-26/h5-11,23,25-26H,1,12-21H2,2-3H3/t23-,25+/m1/s1. The third-order valence-electron chi connectivity index (χ3n) is 8.39. The summed E-state index contributed by atoms with van der Waals surface area (Å²) in [5.74, 6) is 0.710. The fraction of sp³-hybridized carbons (Fsp3) is 0.455. The number of hydrogen-bond acceptors (Lipinski definition) is 7. The molecule has 1 aromatic heterocycles. The predicted molar refractivity (Wildman–Crippen MR) is 164 cm³/mol. The monoisotopic (exact) mass is 566 g/mol. The Kier molecular flexibility index (Phi) is 7.98. The zero-order valence-corrected chi connectivity index (χ0v) is 24.5. The molecule has 2 aliphatic heterocycles. The molecule has 218 valence electrons. The number of rotatable bonds is 9. The molecule has 0 bridgehead atoms. The molecule has 1 saturated heterocycles. The van der Waals surface area contributed by atoms with Crippen LogP contribution in [0.4, 0.5) is 11.5 Å². The summed E-state index contributed by atoms with van der Waals surface area (Å²) in [7, 11) is 0. The molecule has 0 unspecified atom stereocenters. The van der Waals surface area contributed by atoms with E-state index in [0.717, 1.165) is 42.9 Å². The average molecular weight is 567 g/mol. The van der Waals surface area contributed by atoms with Gasteiger partial charge in [0.25, 0.3) is 0 Å². The van der Waals surface area contributed by atoms with Gasteiger partial charge in [-0.3, -0.25) is 4.79 Å². The SMILES string of the molecule is [C-]#[N+]C[C@H]1CN(c2nc(O[C@H](C)COC3CC3)nc3c2CCN(c2cccc4cccc(C)c24)C3)CCN1C(=O)C=C. The van der Waals surface area contributed by atoms with Crippen LogP contribution in [0.15, 0.2) is 49.1 Å². The highest BCUT2D eigenvalue weighted by Crippen LogP contribution is 2.36. The average Bonchev–Trinajstić information content (AvgIpc) is 3.84. The highest BCUT2D eigenvalue weighted by molar-refractivity contribution is 5.97. The zero-order chi connectivity index (χ0) is 29.2. The minimum Gasteiger partial charge on any atom is -0.458 e. The van der Waals surface area contributed by atoms with Gasteiger partial charge in [0.15, 0.2) is 0 Å². The fourth-order valence-electron chi connectivity index (χ4n) is 6.11. The summed E-state index contributed by atoms with van der Waals surface area (Å²) in [6.07, 6.45) is 4.51. The quantitative estimate of drug-likeness (QED) is 0.278. The van der Waals surface area contributed by atoms with Gasteiger partial charge in [-0.2, -0.15) is 9.97 Å². The number of ether oxygens (including phenoxy) is 2. The first-order valence-corrected chi connectivity index (χ1v) is 14.9. The third kappa shape index (κ3) is 5.77. The highest BCUT2D eigenvalue weighted by atomic mass is 16.5. The summed E-state index contributed by atoms with van der Waals surface area (Å²) in [6.45, 7) is 19.2. The van der Waals surface area contributed by atoms with E-state index in [9.17, 15) is 4.79 Å². The van der Waals surface area contributed by atoms with Crippen molar-refractivity contribution in [2.75, 3.05) is 49.1 Å². The van der Waals surface area contributed by atoms with Crippen LogP contribution in [0.5, 0.6) is 6.01 Å². The van der Waals surface area contributed by atoms with Crippen LogP contribution in [0.2, 0.25) is 0 Å². The number of piperazine rings is 1. The van der Waals surface area contributed by atoms with Crippen LogP contribution in [0.1, 0.15) is 36.6 Å². The largest absolute Gasteiger partial charge is 0.458 e. The van der Waals surface area contributed by atoms with Gasteiger partial charge in [-0.1, -0.05) is 36.9 Å². The van der Waals surface area contributed by atoms with E-state index in [-0.39, 0.29) is 24.6 Å². The maximum Gasteiger partial charge on any atom is 0.319 e. The molecule has 3 heterocycles. The van der Waals surface area contributed by atoms with Gasteiger partial charge in [0.05, 0.1) is 24.9 Å². The summed E-state index contributed by atoms with van der Waals surface area (Å²) in [6, 6.07) is 13.0. The maximum absolute atomic E-state index is 12.5. The number of amides is 1. The van der Waals surface area contributed by atoms with Gasteiger partial charge < -0.3 is 29.0 Å². The van der Waals surface area contributed by atoms with E-state index in [0.29, 0.717) is 44.9 Å². The first-order chi connectivity index (χ1) is 20.4. The van der Waals surface area contributed by atoms with E-state index in [1.807, 2.05) is 6.92 Å².